The second-order valence-corrected chi connectivity index (χ2v) is 5.97. The van der Waals surface area contributed by atoms with Gasteiger partial charge < -0.3 is 4.74 Å². The van der Waals surface area contributed by atoms with E-state index in [0.29, 0.717) is 10.6 Å². The summed E-state index contributed by atoms with van der Waals surface area (Å²) in [5, 5.41) is 2.68. The summed E-state index contributed by atoms with van der Waals surface area (Å²) in [4.78, 5) is 12.4. The first-order chi connectivity index (χ1) is 10.6. The fourth-order valence-electron chi connectivity index (χ4n) is 3.13. The molecule has 1 heterocycles. The van der Waals surface area contributed by atoms with Crippen molar-refractivity contribution in [2.45, 2.75) is 13.0 Å². The van der Waals surface area contributed by atoms with Gasteiger partial charge in [0.15, 0.2) is 6.10 Å². The highest BCUT2D eigenvalue weighted by Gasteiger charge is 2.34. The highest BCUT2D eigenvalue weighted by Crippen LogP contribution is 2.40. The predicted octanol–water partition coefficient (Wildman–Crippen LogP) is 5.06. The van der Waals surface area contributed by atoms with E-state index in [-0.39, 0.29) is 12.1 Å². The Bertz CT molecular complexity index is 914. The van der Waals surface area contributed by atoms with E-state index in [0.717, 1.165) is 27.5 Å². The summed E-state index contributed by atoms with van der Waals surface area (Å²) >= 11 is 6.02. The Morgan fingerprint density at radius 1 is 1.00 bits per heavy atom. The molecule has 2 nitrogen and oxygen atoms in total. The van der Waals surface area contributed by atoms with Gasteiger partial charge in [0.05, 0.1) is 5.56 Å². The van der Waals surface area contributed by atoms with E-state index >= 15 is 0 Å². The smallest absolute Gasteiger partial charge is 0.340 e. The van der Waals surface area contributed by atoms with Crippen molar-refractivity contribution in [1.82, 2.24) is 0 Å². The van der Waals surface area contributed by atoms with Crippen molar-refractivity contribution < 1.29 is 9.53 Å². The summed E-state index contributed by atoms with van der Waals surface area (Å²) in [7, 11) is 0. The lowest BCUT2D eigenvalue weighted by Crippen LogP contribution is -2.02. The molecule has 0 saturated heterocycles. The average molecular weight is 309 g/mol. The zero-order valence-corrected chi connectivity index (χ0v) is 12.7. The van der Waals surface area contributed by atoms with Crippen molar-refractivity contribution in [3.63, 3.8) is 0 Å². The third-order valence-corrected chi connectivity index (χ3v) is 4.42. The molecule has 0 aliphatic carbocycles. The Morgan fingerprint density at radius 3 is 2.59 bits per heavy atom. The predicted molar refractivity (Wildman–Crippen MR) is 87.4 cm³/mol. The topological polar surface area (TPSA) is 26.3 Å². The molecule has 0 aromatic heterocycles. The number of benzene rings is 3. The van der Waals surface area contributed by atoms with E-state index in [2.05, 4.69) is 0 Å². The molecule has 0 amide bonds. The van der Waals surface area contributed by atoms with Crippen molar-refractivity contribution in [2.75, 3.05) is 0 Å². The molecule has 0 saturated carbocycles. The van der Waals surface area contributed by atoms with Gasteiger partial charge in [-0.15, -0.1) is 0 Å². The van der Waals surface area contributed by atoms with Gasteiger partial charge in [-0.1, -0.05) is 54.1 Å². The lowest BCUT2D eigenvalue weighted by molar-refractivity contribution is 0.0456. The maximum absolute atomic E-state index is 12.4. The van der Waals surface area contributed by atoms with E-state index in [1.807, 2.05) is 61.5 Å². The van der Waals surface area contributed by atoms with E-state index in [4.69, 9.17) is 16.3 Å². The van der Waals surface area contributed by atoms with Crippen LogP contribution < -0.4 is 0 Å². The number of cyclic esters (lactones) is 1. The van der Waals surface area contributed by atoms with Crippen LogP contribution in [-0.4, -0.2) is 5.97 Å². The van der Waals surface area contributed by atoms with E-state index in [9.17, 15) is 4.79 Å². The van der Waals surface area contributed by atoms with Gasteiger partial charge in [0.2, 0.25) is 0 Å². The molecular weight excluding hydrogens is 296 g/mol. The van der Waals surface area contributed by atoms with Crippen LogP contribution in [0, 0.1) is 6.92 Å². The molecule has 3 aromatic rings. The Balaban J connectivity index is 1.94. The van der Waals surface area contributed by atoms with Crippen LogP contribution >= 0.6 is 11.6 Å². The van der Waals surface area contributed by atoms with Crippen LogP contribution in [0.5, 0.6) is 0 Å². The second kappa shape index (κ2) is 4.85. The minimum Gasteiger partial charge on any atom is -0.449 e. The summed E-state index contributed by atoms with van der Waals surface area (Å²) in [6.07, 6.45) is -0.357. The van der Waals surface area contributed by atoms with Gasteiger partial charge >= 0.3 is 5.97 Å². The fraction of sp³-hybridized carbons (Fsp3) is 0.105. The normalized spacial score (nSPS) is 16.6. The molecule has 3 heteroatoms. The van der Waals surface area contributed by atoms with Crippen LogP contribution in [0.2, 0.25) is 5.02 Å². The van der Waals surface area contributed by atoms with Crippen LogP contribution in [0.3, 0.4) is 0 Å². The maximum atomic E-state index is 12.4. The van der Waals surface area contributed by atoms with Gasteiger partial charge in [-0.3, -0.25) is 0 Å². The number of esters is 1. The number of fused-ring (bicyclic) bond motifs is 3. The maximum Gasteiger partial charge on any atom is 0.340 e. The Hall–Kier alpha value is -2.32. The monoisotopic (exact) mass is 308 g/mol. The van der Waals surface area contributed by atoms with Gasteiger partial charge in [-0.25, -0.2) is 4.79 Å². The third kappa shape index (κ3) is 1.92. The molecule has 3 aromatic carbocycles. The Kier molecular flexibility index (Phi) is 2.95. The zero-order chi connectivity index (χ0) is 15.3. The standard InChI is InChI=1S/C19H13ClO2/c1-11-10-13(20)7-9-14(11)18-16-8-6-12-4-2-3-5-15(12)17(16)19(21)22-18/h2-10,18H,1H3/t18-/m0/s1. The molecule has 0 fully saturated rings. The summed E-state index contributed by atoms with van der Waals surface area (Å²) in [6, 6.07) is 17.6. The molecule has 0 spiro atoms. The molecular formula is C19H13ClO2. The number of hydrogen-bond donors (Lipinski definition) is 0. The molecule has 0 radical (unpaired) electrons. The number of carbonyl (C=O) groups is 1. The molecule has 0 N–H and O–H groups in total. The van der Waals surface area contributed by atoms with Crippen molar-refractivity contribution in [2.24, 2.45) is 0 Å². The second-order valence-electron chi connectivity index (χ2n) is 5.54. The minimum atomic E-state index is -0.357. The van der Waals surface area contributed by atoms with Crippen molar-refractivity contribution >= 4 is 28.3 Å². The van der Waals surface area contributed by atoms with E-state index in [1.165, 1.54) is 0 Å². The molecule has 1 atom stereocenters. The largest absolute Gasteiger partial charge is 0.449 e. The highest BCUT2D eigenvalue weighted by atomic mass is 35.5. The lowest BCUT2D eigenvalue weighted by Gasteiger charge is -2.14. The molecule has 1 aliphatic rings. The molecule has 0 unspecified atom stereocenters. The minimum absolute atomic E-state index is 0.258. The SMILES string of the molecule is Cc1cc(Cl)ccc1[C@@H]1OC(=O)c2c1ccc1ccccc21. The summed E-state index contributed by atoms with van der Waals surface area (Å²) in [5.41, 5.74) is 3.60. The molecule has 22 heavy (non-hydrogen) atoms. The van der Waals surface area contributed by atoms with Crippen molar-refractivity contribution in [1.29, 1.82) is 0 Å². The van der Waals surface area contributed by atoms with Gasteiger partial charge in [0.25, 0.3) is 0 Å². The summed E-state index contributed by atoms with van der Waals surface area (Å²) in [5.74, 6) is -0.258. The van der Waals surface area contributed by atoms with Gasteiger partial charge in [0, 0.05) is 16.1 Å². The third-order valence-electron chi connectivity index (χ3n) is 4.19. The number of aryl methyl sites for hydroxylation is 1. The van der Waals surface area contributed by atoms with Crippen LogP contribution in [0.15, 0.2) is 54.6 Å². The van der Waals surface area contributed by atoms with Gasteiger partial charge in [0.1, 0.15) is 0 Å². The number of hydrogen-bond acceptors (Lipinski definition) is 2. The Morgan fingerprint density at radius 2 is 1.77 bits per heavy atom. The van der Waals surface area contributed by atoms with Crippen LogP contribution in [0.1, 0.15) is 33.2 Å². The number of halogens is 1. The van der Waals surface area contributed by atoms with Gasteiger partial charge in [-0.05, 0) is 35.4 Å². The van der Waals surface area contributed by atoms with Crippen molar-refractivity contribution in [3.8, 4) is 0 Å². The average Bonchev–Trinajstić information content (AvgIpc) is 2.85. The zero-order valence-electron chi connectivity index (χ0n) is 12.0. The first-order valence-corrected chi connectivity index (χ1v) is 7.51. The quantitative estimate of drug-likeness (QED) is 0.587. The summed E-state index contributed by atoms with van der Waals surface area (Å²) in [6.45, 7) is 1.98. The highest BCUT2D eigenvalue weighted by molar-refractivity contribution is 6.30. The number of ether oxygens (including phenoxy) is 1. The van der Waals surface area contributed by atoms with Crippen LogP contribution in [0.25, 0.3) is 10.8 Å². The Labute approximate surface area is 133 Å². The molecule has 108 valence electrons. The summed E-state index contributed by atoms with van der Waals surface area (Å²) < 4.78 is 5.66. The number of carbonyl (C=O) groups excluding carboxylic acids is 1. The molecule has 0 bridgehead atoms. The lowest BCUT2D eigenvalue weighted by atomic mass is 9.93. The first kappa shape index (κ1) is 13.4. The van der Waals surface area contributed by atoms with Crippen molar-refractivity contribution in [3.05, 3.63) is 81.9 Å². The molecule has 4 rings (SSSR count). The number of rotatable bonds is 1. The van der Waals surface area contributed by atoms with Crippen LogP contribution in [-0.2, 0) is 4.74 Å². The fourth-order valence-corrected chi connectivity index (χ4v) is 3.36. The van der Waals surface area contributed by atoms with Gasteiger partial charge in [-0.2, -0.15) is 0 Å². The molecule has 1 aliphatic heterocycles. The first-order valence-electron chi connectivity index (χ1n) is 7.14. The van der Waals surface area contributed by atoms with E-state index < -0.39 is 0 Å². The van der Waals surface area contributed by atoms with E-state index in [1.54, 1.807) is 0 Å². The van der Waals surface area contributed by atoms with Crippen LogP contribution in [0.4, 0.5) is 0 Å².